The molecule has 20 heavy (non-hydrogen) atoms. The Morgan fingerprint density at radius 1 is 1.45 bits per heavy atom. The Hall–Kier alpha value is -1.59. The second-order valence-corrected chi connectivity index (χ2v) is 5.21. The van der Waals surface area contributed by atoms with Crippen molar-refractivity contribution in [2.24, 2.45) is 12.8 Å². The van der Waals surface area contributed by atoms with E-state index in [-0.39, 0.29) is 11.4 Å². The minimum Gasteiger partial charge on any atom is -0.369 e. The Labute approximate surface area is 125 Å². The van der Waals surface area contributed by atoms with Crippen LogP contribution in [0, 0.1) is 5.82 Å². The van der Waals surface area contributed by atoms with Gasteiger partial charge in [0.05, 0.1) is 22.8 Å². The van der Waals surface area contributed by atoms with Crippen molar-refractivity contribution in [3.8, 4) is 0 Å². The topological polar surface area (TPSA) is 60.9 Å². The highest BCUT2D eigenvalue weighted by Gasteiger charge is 2.25. The lowest BCUT2D eigenvalue weighted by molar-refractivity contribution is -0.119. The van der Waals surface area contributed by atoms with Crippen LogP contribution in [0.5, 0.6) is 0 Å². The van der Waals surface area contributed by atoms with Crippen LogP contribution in [0.25, 0.3) is 0 Å². The van der Waals surface area contributed by atoms with Crippen molar-refractivity contribution in [3.05, 3.63) is 51.5 Å². The van der Waals surface area contributed by atoms with Crippen molar-refractivity contribution in [2.45, 2.75) is 12.3 Å². The van der Waals surface area contributed by atoms with Crippen LogP contribution in [0.3, 0.4) is 0 Å². The van der Waals surface area contributed by atoms with E-state index in [1.165, 1.54) is 29.1 Å². The molecule has 0 aliphatic carbocycles. The van der Waals surface area contributed by atoms with Gasteiger partial charge in [-0.25, -0.2) is 4.39 Å². The lowest BCUT2D eigenvalue weighted by Gasteiger charge is -2.15. The molecule has 0 saturated heterocycles. The summed E-state index contributed by atoms with van der Waals surface area (Å²) in [5.74, 6) is -1.67. The molecule has 0 aliphatic heterocycles. The summed E-state index contributed by atoms with van der Waals surface area (Å²) in [6, 6.07) is 4.00. The van der Waals surface area contributed by atoms with Crippen LogP contribution in [0.2, 0.25) is 10.0 Å². The molecule has 0 radical (unpaired) electrons. The molecule has 1 aromatic carbocycles. The van der Waals surface area contributed by atoms with Gasteiger partial charge in [0.1, 0.15) is 5.82 Å². The summed E-state index contributed by atoms with van der Waals surface area (Å²) in [5, 5.41) is 4.58. The number of primary amides is 1. The first-order chi connectivity index (χ1) is 9.40. The van der Waals surface area contributed by atoms with E-state index in [4.69, 9.17) is 28.9 Å². The first-order valence-corrected chi connectivity index (χ1v) is 6.56. The number of aryl methyl sites for hydroxylation is 1. The highest BCUT2D eigenvalue weighted by Crippen LogP contribution is 2.29. The summed E-state index contributed by atoms with van der Waals surface area (Å²) in [6.07, 6.45) is 1.67. The Kier molecular flexibility index (Phi) is 4.30. The third-order valence-corrected chi connectivity index (χ3v) is 3.69. The van der Waals surface area contributed by atoms with E-state index in [0.717, 1.165) is 0 Å². The summed E-state index contributed by atoms with van der Waals surface area (Å²) in [7, 11) is 1.67. The van der Waals surface area contributed by atoms with Gasteiger partial charge in [0.25, 0.3) is 0 Å². The van der Waals surface area contributed by atoms with Gasteiger partial charge in [-0.15, -0.1) is 0 Å². The number of hydrogen-bond donors (Lipinski definition) is 1. The van der Waals surface area contributed by atoms with Gasteiger partial charge >= 0.3 is 0 Å². The average Bonchev–Trinajstić information content (AvgIpc) is 2.68. The maximum Gasteiger partial charge on any atom is 0.226 e. The molecular weight excluding hydrogens is 304 g/mol. The molecule has 0 fully saturated rings. The van der Waals surface area contributed by atoms with Gasteiger partial charge in [-0.2, -0.15) is 5.10 Å². The number of carbonyl (C=O) groups excluding carboxylic acids is 1. The van der Waals surface area contributed by atoms with E-state index < -0.39 is 17.6 Å². The number of carbonyl (C=O) groups is 1. The molecule has 2 aromatic rings. The summed E-state index contributed by atoms with van der Waals surface area (Å²) in [6.45, 7) is 0. The van der Waals surface area contributed by atoms with Crippen LogP contribution >= 0.6 is 23.2 Å². The number of amides is 1. The highest BCUT2D eigenvalue weighted by molar-refractivity contribution is 6.32. The van der Waals surface area contributed by atoms with Gasteiger partial charge in [-0.1, -0.05) is 29.3 Å². The molecular formula is C13H12Cl2FN3O. The first kappa shape index (κ1) is 14.8. The second-order valence-electron chi connectivity index (χ2n) is 4.40. The van der Waals surface area contributed by atoms with Crippen LogP contribution < -0.4 is 5.73 Å². The molecule has 0 bridgehead atoms. The Balaban J connectivity index is 2.38. The zero-order chi connectivity index (χ0) is 14.9. The number of rotatable bonds is 4. The third kappa shape index (κ3) is 2.94. The van der Waals surface area contributed by atoms with Crippen molar-refractivity contribution in [1.29, 1.82) is 0 Å². The molecule has 1 atom stereocenters. The van der Waals surface area contributed by atoms with Crippen LogP contribution in [0.15, 0.2) is 24.4 Å². The molecule has 7 heteroatoms. The Morgan fingerprint density at radius 3 is 2.65 bits per heavy atom. The Morgan fingerprint density at radius 2 is 2.15 bits per heavy atom. The van der Waals surface area contributed by atoms with Crippen LogP contribution in [-0.4, -0.2) is 15.7 Å². The van der Waals surface area contributed by atoms with E-state index in [2.05, 4.69) is 5.10 Å². The highest BCUT2D eigenvalue weighted by atomic mass is 35.5. The normalized spacial score (nSPS) is 12.4. The largest absolute Gasteiger partial charge is 0.369 e. The van der Waals surface area contributed by atoms with Crippen LogP contribution in [0.4, 0.5) is 4.39 Å². The molecule has 1 aromatic heterocycles. The van der Waals surface area contributed by atoms with E-state index >= 15 is 0 Å². The lowest BCUT2D eigenvalue weighted by Crippen LogP contribution is -2.25. The number of aromatic nitrogens is 2. The van der Waals surface area contributed by atoms with E-state index in [1.807, 2.05) is 0 Å². The maximum absolute atomic E-state index is 13.0. The molecule has 1 amide bonds. The van der Waals surface area contributed by atoms with Crippen LogP contribution in [0.1, 0.15) is 17.2 Å². The van der Waals surface area contributed by atoms with Crippen molar-refractivity contribution < 1.29 is 9.18 Å². The van der Waals surface area contributed by atoms with Gasteiger partial charge in [-0.3, -0.25) is 9.48 Å². The molecule has 1 heterocycles. The smallest absolute Gasteiger partial charge is 0.226 e. The lowest BCUT2D eigenvalue weighted by atomic mass is 9.95. The van der Waals surface area contributed by atoms with Crippen molar-refractivity contribution in [1.82, 2.24) is 9.78 Å². The van der Waals surface area contributed by atoms with Crippen molar-refractivity contribution >= 4 is 29.1 Å². The molecule has 4 nitrogen and oxygen atoms in total. The standard InChI is InChI=1S/C13H12Cl2FN3O/c1-19-12(11(15)6-18-19)9(13(17)20)4-7-2-3-8(16)5-10(7)14/h2-3,5-6,9H,4H2,1H3,(H2,17,20). The first-order valence-electron chi connectivity index (χ1n) is 5.80. The number of hydrogen-bond acceptors (Lipinski definition) is 2. The summed E-state index contributed by atoms with van der Waals surface area (Å²) >= 11 is 12.0. The number of nitrogens with zero attached hydrogens (tertiary/aromatic N) is 2. The van der Waals surface area contributed by atoms with Gasteiger partial charge in [-0.05, 0) is 24.1 Å². The summed E-state index contributed by atoms with van der Waals surface area (Å²) in [4.78, 5) is 11.7. The van der Waals surface area contributed by atoms with Crippen LogP contribution in [-0.2, 0) is 18.3 Å². The van der Waals surface area contributed by atoms with E-state index in [9.17, 15) is 9.18 Å². The van der Waals surface area contributed by atoms with E-state index in [1.54, 1.807) is 7.05 Å². The zero-order valence-corrected chi connectivity index (χ0v) is 12.1. The minimum absolute atomic E-state index is 0.230. The molecule has 2 N–H and O–H groups in total. The fourth-order valence-electron chi connectivity index (χ4n) is 2.05. The van der Waals surface area contributed by atoms with Crippen molar-refractivity contribution in [2.75, 3.05) is 0 Å². The second kappa shape index (κ2) is 5.81. The molecule has 0 spiro atoms. The molecule has 2 rings (SSSR count). The number of halogens is 3. The molecule has 1 unspecified atom stereocenters. The summed E-state index contributed by atoms with van der Waals surface area (Å²) in [5.41, 5.74) is 6.57. The SMILES string of the molecule is Cn1ncc(Cl)c1C(Cc1ccc(F)cc1Cl)C(N)=O. The van der Waals surface area contributed by atoms with Gasteiger partial charge in [0, 0.05) is 12.1 Å². The predicted molar refractivity (Wildman–Crippen MR) is 75.3 cm³/mol. The minimum atomic E-state index is -0.682. The maximum atomic E-state index is 13.0. The molecule has 106 valence electrons. The van der Waals surface area contributed by atoms with Gasteiger partial charge in [0.15, 0.2) is 0 Å². The quantitative estimate of drug-likeness (QED) is 0.943. The summed E-state index contributed by atoms with van der Waals surface area (Å²) < 4.78 is 14.5. The molecule has 0 aliphatic rings. The Bertz CT molecular complexity index is 638. The third-order valence-electron chi connectivity index (χ3n) is 3.05. The zero-order valence-electron chi connectivity index (χ0n) is 10.6. The van der Waals surface area contributed by atoms with E-state index in [0.29, 0.717) is 16.3 Å². The fourth-order valence-corrected chi connectivity index (χ4v) is 2.59. The van der Waals surface area contributed by atoms with Crippen molar-refractivity contribution in [3.63, 3.8) is 0 Å². The average molecular weight is 316 g/mol. The number of nitrogens with two attached hydrogens (primary N) is 1. The fraction of sp³-hybridized carbons (Fsp3) is 0.231. The van der Waals surface area contributed by atoms with Gasteiger partial charge < -0.3 is 5.73 Å². The predicted octanol–water partition coefficient (Wildman–Crippen LogP) is 2.68. The number of benzene rings is 1. The van der Waals surface area contributed by atoms with Gasteiger partial charge in [0.2, 0.25) is 5.91 Å². The molecule has 0 saturated carbocycles. The monoisotopic (exact) mass is 315 g/mol.